The number of amides is 1. The molecule has 1 atom stereocenters. The van der Waals surface area contributed by atoms with E-state index in [9.17, 15) is 4.79 Å². The highest BCUT2D eigenvalue weighted by Gasteiger charge is 2.33. The van der Waals surface area contributed by atoms with Crippen LogP contribution in [0, 0.1) is 5.92 Å². The number of ether oxygens (including phenoxy) is 1. The molecule has 3 aliphatic rings. The highest BCUT2D eigenvalue weighted by molar-refractivity contribution is 14.0. The molecule has 0 bridgehead atoms. The largest absolute Gasteiger partial charge is 0.379 e. The lowest BCUT2D eigenvalue weighted by molar-refractivity contribution is -0.134. The summed E-state index contributed by atoms with van der Waals surface area (Å²) in [5, 5.41) is 7.00. The first-order valence-corrected chi connectivity index (χ1v) is 10.6. The maximum atomic E-state index is 12.6. The molecule has 2 saturated heterocycles. The molecule has 1 amide bonds. The first-order chi connectivity index (χ1) is 13.0. The zero-order valence-corrected chi connectivity index (χ0v) is 20.0. The fourth-order valence-electron chi connectivity index (χ4n) is 4.48. The molecule has 1 aliphatic carbocycles. The summed E-state index contributed by atoms with van der Waals surface area (Å²) in [4.78, 5) is 21.5. The molecule has 162 valence electrons. The van der Waals surface area contributed by atoms with Crippen LogP contribution in [0.3, 0.4) is 0 Å². The van der Waals surface area contributed by atoms with Crippen LogP contribution in [0.5, 0.6) is 0 Å². The molecule has 0 aromatic heterocycles. The Morgan fingerprint density at radius 1 is 1.14 bits per heavy atom. The summed E-state index contributed by atoms with van der Waals surface area (Å²) in [6.45, 7) is 10.6. The van der Waals surface area contributed by atoms with Crippen LogP contribution in [0.2, 0.25) is 0 Å². The zero-order valence-electron chi connectivity index (χ0n) is 17.7. The number of morpholine rings is 1. The molecule has 2 heterocycles. The Bertz CT molecular complexity index is 531. The quantitative estimate of drug-likeness (QED) is 0.337. The molecule has 3 rings (SSSR count). The van der Waals surface area contributed by atoms with Crippen molar-refractivity contribution < 1.29 is 9.53 Å². The number of likely N-dealkylation sites (tertiary alicyclic amines) is 1. The van der Waals surface area contributed by atoms with Crippen molar-refractivity contribution in [1.82, 2.24) is 20.4 Å². The maximum absolute atomic E-state index is 12.6. The fourth-order valence-corrected chi connectivity index (χ4v) is 4.48. The van der Waals surface area contributed by atoms with Crippen LogP contribution < -0.4 is 10.6 Å². The molecule has 0 aromatic rings. The summed E-state index contributed by atoms with van der Waals surface area (Å²) < 4.78 is 5.47. The number of nitrogens with zero attached hydrogens (tertiary/aromatic N) is 3. The average molecular weight is 507 g/mol. The van der Waals surface area contributed by atoms with Gasteiger partial charge in [0.1, 0.15) is 0 Å². The lowest BCUT2D eigenvalue weighted by Crippen LogP contribution is -2.57. The standard InChI is InChI=1S/C20H37N5O2.HI/c1-20(2,25-10-12-27-13-11-25)15-22-19(21-3)23-17-8-9-24(14-17)18(26)16-6-4-5-7-16;/h16-17H,4-15H2,1-3H3,(H2,21,22,23);1H. The summed E-state index contributed by atoms with van der Waals surface area (Å²) in [6.07, 6.45) is 5.56. The highest BCUT2D eigenvalue weighted by Crippen LogP contribution is 2.27. The third kappa shape index (κ3) is 6.19. The predicted octanol–water partition coefficient (Wildman–Crippen LogP) is 1.67. The fraction of sp³-hybridized carbons (Fsp3) is 0.900. The van der Waals surface area contributed by atoms with E-state index in [1.807, 2.05) is 7.05 Å². The van der Waals surface area contributed by atoms with Crippen molar-refractivity contribution in [3.05, 3.63) is 0 Å². The van der Waals surface area contributed by atoms with Gasteiger partial charge in [0.25, 0.3) is 0 Å². The lowest BCUT2D eigenvalue weighted by Gasteiger charge is -2.41. The number of halogens is 1. The Morgan fingerprint density at radius 3 is 2.46 bits per heavy atom. The van der Waals surface area contributed by atoms with E-state index >= 15 is 0 Å². The van der Waals surface area contributed by atoms with E-state index < -0.39 is 0 Å². The van der Waals surface area contributed by atoms with E-state index in [1.165, 1.54) is 12.8 Å². The van der Waals surface area contributed by atoms with Gasteiger partial charge in [0.15, 0.2) is 5.96 Å². The number of guanidine groups is 1. The molecule has 7 nitrogen and oxygen atoms in total. The summed E-state index contributed by atoms with van der Waals surface area (Å²) in [5.74, 6) is 1.47. The number of aliphatic imine (C=N–C) groups is 1. The van der Waals surface area contributed by atoms with Gasteiger partial charge in [0, 0.05) is 57.3 Å². The average Bonchev–Trinajstić information content (AvgIpc) is 3.37. The number of hydrogen-bond donors (Lipinski definition) is 2. The summed E-state index contributed by atoms with van der Waals surface area (Å²) in [5.41, 5.74) is 0.0432. The molecule has 1 unspecified atom stereocenters. The molecule has 28 heavy (non-hydrogen) atoms. The van der Waals surface area contributed by atoms with Gasteiger partial charge >= 0.3 is 0 Å². The summed E-state index contributed by atoms with van der Waals surface area (Å²) in [7, 11) is 1.81. The maximum Gasteiger partial charge on any atom is 0.225 e. The monoisotopic (exact) mass is 507 g/mol. The molecule has 8 heteroatoms. The predicted molar refractivity (Wildman–Crippen MR) is 123 cm³/mol. The normalized spacial score (nSPS) is 24.9. The third-order valence-electron chi connectivity index (χ3n) is 6.32. The van der Waals surface area contributed by atoms with Crippen molar-refractivity contribution in [2.24, 2.45) is 10.9 Å². The van der Waals surface area contributed by atoms with Crippen LogP contribution in [0.1, 0.15) is 46.0 Å². The second-order valence-electron chi connectivity index (χ2n) is 8.73. The van der Waals surface area contributed by atoms with Crippen LogP contribution >= 0.6 is 24.0 Å². The van der Waals surface area contributed by atoms with E-state index in [2.05, 4.69) is 39.3 Å². The van der Waals surface area contributed by atoms with E-state index in [0.717, 1.165) is 71.2 Å². The molecular weight excluding hydrogens is 469 g/mol. The second-order valence-corrected chi connectivity index (χ2v) is 8.73. The summed E-state index contributed by atoms with van der Waals surface area (Å²) in [6, 6.07) is 0.285. The van der Waals surface area contributed by atoms with E-state index in [1.54, 1.807) is 0 Å². The van der Waals surface area contributed by atoms with Crippen LogP contribution in [0.15, 0.2) is 4.99 Å². The Hall–Kier alpha value is -0.610. The van der Waals surface area contributed by atoms with Gasteiger partial charge in [-0.3, -0.25) is 14.7 Å². The van der Waals surface area contributed by atoms with Crippen LogP contribution in [-0.2, 0) is 9.53 Å². The number of hydrogen-bond acceptors (Lipinski definition) is 4. The molecule has 0 aromatic carbocycles. The molecule has 0 spiro atoms. The number of carbonyl (C=O) groups excluding carboxylic acids is 1. The Balaban J connectivity index is 0.00000280. The first-order valence-electron chi connectivity index (χ1n) is 10.6. The molecule has 3 fully saturated rings. The van der Waals surface area contributed by atoms with Crippen LogP contribution in [-0.4, -0.2) is 86.2 Å². The van der Waals surface area contributed by atoms with Crippen LogP contribution in [0.25, 0.3) is 0 Å². The van der Waals surface area contributed by atoms with Gasteiger partial charge < -0.3 is 20.3 Å². The molecule has 1 saturated carbocycles. The zero-order chi connectivity index (χ0) is 19.3. The number of nitrogens with one attached hydrogen (secondary N) is 2. The van der Waals surface area contributed by atoms with Crippen molar-refractivity contribution in [2.75, 3.05) is 53.0 Å². The Labute approximate surface area is 187 Å². The SMILES string of the molecule is CN=C(NCC(C)(C)N1CCOCC1)NC1CCN(C(=O)C2CCCC2)C1.I. The van der Waals surface area contributed by atoms with Gasteiger partial charge in [0.05, 0.1) is 13.2 Å². The Morgan fingerprint density at radius 2 is 1.82 bits per heavy atom. The number of rotatable bonds is 5. The van der Waals surface area contributed by atoms with Crippen molar-refractivity contribution >= 4 is 35.8 Å². The van der Waals surface area contributed by atoms with Crippen molar-refractivity contribution in [1.29, 1.82) is 0 Å². The molecule has 2 aliphatic heterocycles. The van der Waals surface area contributed by atoms with Crippen LogP contribution in [0.4, 0.5) is 0 Å². The van der Waals surface area contributed by atoms with Gasteiger partial charge in [-0.25, -0.2) is 0 Å². The van der Waals surface area contributed by atoms with E-state index in [0.29, 0.717) is 5.91 Å². The lowest BCUT2D eigenvalue weighted by atomic mass is 10.0. The van der Waals surface area contributed by atoms with Gasteiger partial charge in [0.2, 0.25) is 5.91 Å². The van der Waals surface area contributed by atoms with Crippen molar-refractivity contribution in [2.45, 2.75) is 57.5 Å². The Kier molecular flexibility index (Phi) is 9.27. The topological polar surface area (TPSA) is 69.2 Å². The molecule has 2 N–H and O–H groups in total. The first kappa shape index (κ1) is 23.7. The smallest absolute Gasteiger partial charge is 0.225 e. The molecule has 0 radical (unpaired) electrons. The number of carbonyl (C=O) groups is 1. The second kappa shape index (κ2) is 11.0. The highest BCUT2D eigenvalue weighted by atomic mass is 127. The minimum absolute atomic E-state index is 0. The van der Waals surface area contributed by atoms with Crippen molar-refractivity contribution in [3.8, 4) is 0 Å². The minimum atomic E-state index is 0. The minimum Gasteiger partial charge on any atom is -0.379 e. The van der Waals surface area contributed by atoms with Crippen molar-refractivity contribution in [3.63, 3.8) is 0 Å². The van der Waals surface area contributed by atoms with E-state index in [-0.39, 0.29) is 41.5 Å². The van der Waals surface area contributed by atoms with Gasteiger partial charge in [-0.15, -0.1) is 24.0 Å². The van der Waals surface area contributed by atoms with Gasteiger partial charge in [-0.2, -0.15) is 0 Å². The van der Waals surface area contributed by atoms with E-state index in [4.69, 9.17) is 4.74 Å². The summed E-state index contributed by atoms with van der Waals surface area (Å²) >= 11 is 0. The third-order valence-corrected chi connectivity index (χ3v) is 6.32. The van der Waals surface area contributed by atoms with Gasteiger partial charge in [-0.05, 0) is 33.1 Å². The van der Waals surface area contributed by atoms with Gasteiger partial charge in [-0.1, -0.05) is 12.8 Å². The molecular formula is C20H38IN5O2.